The number of aryl methyl sites for hydroxylation is 1. The van der Waals surface area contributed by atoms with Crippen LogP contribution >= 0.6 is 0 Å². The van der Waals surface area contributed by atoms with Gasteiger partial charge in [-0.05, 0) is 18.6 Å². The number of halogens is 3. The molecule has 126 valence electrons. The Hall–Kier alpha value is -3.17. The number of hydrogen-bond acceptors (Lipinski definition) is 5. The minimum Gasteiger partial charge on any atom is -0.349 e. The highest BCUT2D eigenvalue weighted by Gasteiger charge is 2.39. The van der Waals surface area contributed by atoms with E-state index in [1.54, 1.807) is 25.1 Å². The number of alkyl halides is 3. The number of para-hydroxylation sites is 1. The minimum atomic E-state index is -5.01. The number of nitro benzene ring substituents is 2. The quantitative estimate of drug-likeness (QED) is 0.648. The van der Waals surface area contributed by atoms with Gasteiger partial charge in [-0.15, -0.1) is 0 Å². The molecule has 2 aromatic carbocycles. The molecule has 7 nitrogen and oxygen atoms in total. The Labute approximate surface area is 133 Å². The number of nitrogens with one attached hydrogen (secondary N) is 1. The first kappa shape index (κ1) is 17.2. The van der Waals surface area contributed by atoms with Gasteiger partial charge in [-0.2, -0.15) is 13.2 Å². The van der Waals surface area contributed by atoms with Crippen molar-refractivity contribution in [2.45, 2.75) is 13.1 Å². The van der Waals surface area contributed by atoms with Crippen molar-refractivity contribution < 1.29 is 23.0 Å². The predicted octanol–water partition coefficient (Wildman–Crippen LogP) is 4.57. The van der Waals surface area contributed by atoms with Crippen LogP contribution in [-0.2, 0) is 6.18 Å². The van der Waals surface area contributed by atoms with Crippen LogP contribution in [0, 0.1) is 27.2 Å². The normalized spacial score (nSPS) is 11.2. The topological polar surface area (TPSA) is 98.3 Å². The van der Waals surface area contributed by atoms with Crippen LogP contribution in [0.15, 0.2) is 36.4 Å². The summed E-state index contributed by atoms with van der Waals surface area (Å²) in [4.78, 5) is 19.7. The summed E-state index contributed by atoms with van der Waals surface area (Å²) in [6.45, 7) is 1.60. The van der Waals surface area contributed by atoms with E-state index in [1.165, 1.54) is 6.07 Å². The van der Waals surface area contributed by atoms with E-state index in [-0.39, 0.29) is 11.8 Å². The third-order valence-corrected chi connectivity index (χ3v) is 3.22. The molecule has 0 bridgehead atoms. The van der Waals surface area contributed by atoms with Crippen LogP contribution in [0.5, 0.6) is 0 Å². The third kappa shape index (κ3) is 3.42. The zero-order valence-electron chi connectivity index (χ0n) is 12.1. The number of benzene rings is 2. The molecule has 0 heterocycles. The van der Waals surface area contributed by atoms with Crippen LogP contribution in [0.1, 0.15) is 11.1 Å². The Morgan fingerprint density at radius 1 is 1.04 bits per heavy atom. The summed E-state index contributed by atoms with van der Waals surface area (Å²) in [5.41, 5.74) is -3.58. The molecule has 24 heavy (non-hydrogen) atoms. The summed E-state index contributed by atoms with van der Waals surface area (Å²) in [6.07, 6.45) is -5.01. The van der Waals surface area contributed by atoms with Gasteiger partial charge in [0.15, 0.2) is 0 Å². The van der Waals surface area contributed by atoms with Crippen LogP contribution in [0.25, 0.3) is 0 Å². The lowest BCUT2D eigenvalue weighted by atomic mass is 10.1. The van der Waals surface area contributed by atoms with Gasteiger partial charge in [-0.3, -0.25) is 20.2 Å². The molecule has 1 N–H and O–H groups in total. The van der Waals surface area contributed by atoms with Crippen molar-refractivity contribution in [3.05, 3.63) is 67.8 Å². The molecule has 2 aromatic rings. The van der Waals surface area contributed by atoms with Gasteiger partial charge in [-0.25, -0.2) is 0 Å². The first-order chi connectivity index (χ1) is 11.1. The molecule has 0 saturated heterocycles. The Morgan fingerprint density at radius 2 is 1.67 bits per heavy atom. The zero-order chi connectivity index (χ0) is 18.1. The van der Waals surface area contributed by atoms with E-state index < -0.39 is 38.6 Å². The molecule has 0 spiro atoms. The molecule has 0 amide bonds. The first-order valence-corrected chi connectivity index (χ1v) is 6.48. The maximum absolute atomic E-state index is 13.3. The van der Waals surface area contributed by atoms with Gasteiger partial charge in [-0.1, -0.05) is 18.2 Å². The van der Waals surface area contributed by atoms with E-state index >= 15 is 0 Å². The van der Waals surface area contributed by atoms with E-state index in [1.807, 2.05) is 0 Å². The van der Waals surface area contributed by atoms with Crippen LogP contribution < -0.4 is 5.32 Å². The molecule has 0 atom stereocenters. The first-order valence-electron chi connectivity index (χ1n) is 6.48. The monoisotopic (exact) mass is 341 g/mol. The van der Waals surface area contributed by atoms with Gasteiger partial charge >= 0.3 is 6.18 Å². The molecule has 0 radical (unpaired) electrons. The molecule has 10 heteroatoms. The lowest BCUT2D eigenvalue weighted by Crippen LogP contribution is -2.12. The number of hydrogen-bond donors (Lipinski definition) is 1. The van der Waals surface area contributed by atoms with E-state index in [0.717, 1.165) is 0 Å². The summed E-state index contributed by atoms with van der Waals surface area (Å²) < 4.78 is 39.8. The van der Waals surface area contributed by atoms with Crippen molar-refractivity contribution >= 4 is 22.7 Å². The van der Waals surface area contributed by atoms with Crippen LogP contribution in [0.4, 0.5) is 35.9 Å². The number of nitrogens with zero attached hydrogens (tertiary/aromatic N) is 2. The molecule has 0 aliphatic heterocycles. The summed E-state index contributed by atoms with van der Waals surface area (Å²) in [5, 5.41) is 24.3. The Kier molecular flexibility index (Phi) is 4.40. The fourth-order valence-electron chi connectivity index (χ4n) is 2.06. The Bertz CT molecular complexity index is 821. The van der Waals surface area contributed by atoms with E-state index in [4.69, 9.17) is 0 Å². The van der Waals surface area contributed by atoms with Gasteiger partial charge in [0.1, 0.15) is 5.69 Å². The number of anilines is 2. The van der Waals surface area contributed by atoms with E-state index in [0.29, 0.717) is 11.6 Å². The Morgan fingerprint density at radius 3 is 2.17 bits per heavy atom. The van der Waals surface area contributed by atoms with Gasteiger partial charge in [0.2, 0.25) is 0 Å². The molecule has 0 aliphatic rings. The highest BCUT2D eigenvalue weighted by Crippen LogP contribution is 2.43. The minimum absolute atomic E-state index is 0.222. The average Bonchev–Trinajstić information content (AvgIpc) is 2.48. The number of nitro groups is 2. The zero-order valence-corrected chi connectivity index (χ0v) is 12.1. The second-order valence-electron chi connectivity index (χ2n) is 4.84. The van der Waals surface area contributed by atoms with Crippen LogP contribution in [0.2, 0.25) is 0 Å². The third-order valence-electron chi connectivity index (χ3n) is 3.22. The molecule has 0 aromatic heterocycles. The second kappa shape index (κ2) is 6.14. The molecule has 0 fully saturated rings. The van der Waals surface area contributed by atoms with Gasteiger partial charge in [0.25, 0.3) is 11.4 Å². The predicted molar refractivity (Wildman–Crippen MR) is 79.2 cm³/mol. The van der Waals surface area contributed by atoms with Gasteiger partial charge in [0.05, 0.1) is 21.5 Å². The highest BCUT2D eigenvalue weighted by molar-refractivity contribution is 5.77. The summed E-state index contributed by atoms with van der Waals surface area (Å²) in [6, 6.07) is 7.01. The molecular weight excluding hydrogens is 331 g/mol. The SMILES string of the molecule is Cc1ccccc1Nc1c([N+](=O)[O-])cc([N+](=O)[O-])cc1C(F)(F)F. The number of rotatable bonds is 4. The van der Waals surface area contributed by atoms with Crippen molar-refractivity contribution in [2.75, 3.05) is 5.32 Å². The van der Waals surface area contributed by atoms with Crippen molar-refractivity contribution in [3.8, 4) is 0 Å². The van der Waals surface area contributed by atoms with E-state index in [2.05, 4.69) is 5.32 Å². The highest BCUT2D eigenvalue weighted by atomic mass is 19.4. The van der Waals surface area contributed by atoms with Gasteiger partial charge < -0.3 is 5.32 Å². The number of non-ortho nitro benzene ring substituents is 1. The largest absolute Gasteiger partial charge is 0.418 e. The molecule has 0 aliphatic carbocycles. The standard InChI is InChI=1S/C14H10F3N3O4/c1-8-4-2-3-5-11(8)18-13-10(14(15,16)17)6-9(19(21)22)7-12(13)20(23)24/h2-7,18H,1H3. The lowest BCUT2D eigenvalue weighted by molar-refractivity contribution is -0.394. The second-order valence-corrected chi connectivity index (χ2v) is 4.84. The van der Waals surface area contributed by atoms with Crippen LogP contribution in [0.3, 0.4) is 0 Å². The lowest BCUT2D eigenvalue weighted by Gasteiger charge is -2.16. The molecule has 2 rings (SSSR count). The summed E-state index contributed by atoms with van der Waals surface area (Å²) >= 11 is 0. The summed E-state index contributed by atoms with van der Waals surface area (Å²) in [7, 11) is 0. The average molecular weight is 341 g/mol. The molecular formula is C14H10F3N3O4. The smallest absolute Gasteiger partial charge is 0.349 e. The fraction of sp³-hybridized carbons (Fsp3) is 0.143. The molecule has 0 unspecified atom stereocenters. The van der Waals surface area contributed by atoms with Crippen LogP contribution in [-0.4, -0.2) is 9.85 Å². The van der Waals surface area contributed by atoms with E-state index in [9.17, 15) is 33.4 Å². The summed E-state index contributed by atoms with van der Waals surface area (Å²) in [5.74, 6) is 0. The maximum atomic E-state index is 13.3. The maximum Gasteiger partial charge on any atom is 0.418 e. The fourth-order valence-corrected chi connectivity index (χ4v) is 2.06. The Balaban J connectivity index is 2.74. The van der Waals surface area contributed by atoms with Crippen molar-refractivity contribution in [2.24, 2.45) is 0 Å². The molecule has 0 saturated carbocycles. The van der Waals surface area contributed by atoms with Crippen molar-refractivity contribution in [1.29, 1.82) is 0 Å². The van der Waals surface area contributed by atoms with Crippen molar-refractivity contribution in [3.63, 3.8) is 0 Å². The van der Waals surface area contributed by atoms with Gasteiger partial charge in [0, 0.05) is 11.8 Å². The van der Waals surface area contributed by atoms with Crippen molar-refractivity contribution in [1.82, 2.24) is 0 Å².